The highest BCUT2D eigenvalue weighted by Gasteiger charge is 2.25. The molecule has 1 N–H and O–H groups in total. The van der Waals surface area contributed by atoms with Crippen LogP contribution in [0.1, 0.15) is 26.7 Å². The van der Waals surface area contributed by atoms with Gasteiger partial charge in [0.2, 0.25) is 0 Å². The first kappa shape index (κ1) is 15.2. The van der Waals surface area contributed by atoms with E-state index < -0.39 is 0 Å². The van der Waals surface area contributed by atoms with Gasteiger partial charge in [0.1, 0.15) is 0 Å². The van der Waals surface area contributed by atoms with Crippen molar-refractivity contribution in [2.24, 2.45) is 11.8 Å². The summed E-state index contributed by atoms with van der Waals surface area (Å²) in [5.74, 6) is 1.51. The summed E-state index contributed by atoms with van der Waals surface area (Å²) in [6, 6.07) is 0. The normalized spacial score (nSPS) is 31.2. The first-order chi connectivity index (χ1) is 7.75. The Morgan fingerprint density at radius 3 is 2.88 bits per heavy atom. The molecule has 2 saturated heterocycles. The van der Waals surface area contributed by atoms with Gasteiger partial charge in [-0.1, -0.05) is 13.8 Å². The van der Waals surface area contributed by atoms with E-state index in [1.54, 1.807) is 0 Å². The standard InChI is InChI=1S/C13H26N2O.ClH/c1-11(2)13-10-15(6-7-16-13)9-12-4-3-5-14-8-12;/h11-14H,3-10H2,1-2H3;1H. The molecule has 0 bridgehead atoms. The maximum absolute atomic E-state index is 5.80. The van der Waals surface area contributed by atoms with Crippen molar-refractivity contribution >= 4 is 12.4 Å². The van der Waals surface area contributed by atoms with Gasteiger partial charge in [-0.2, -0.15) is 0 Å². The SMILES string of the molecule is CC(C)C1CN(CC2CCCNC2)CCO1.Cl. The Morgan fingerprint density at radius 1 is 1.41 bits per heavy atom. The number of nitrogens with zero attached hydrogens (tertiary/aromatic N) is 1. The second kappa shape index (κ2) is 7.57. The summed E-state index contributed by atoms with van der Waals surface area (Å²) < 4.78 is 5.80. The second-order valence-corrected chi connectivity index (χ2v) is 5.63. The molecule has 17 heavy (non-hydrogen) atoms. The van der Waals surface area contributed by atoms with Gasteiger partial charge in [0.15, 0.2) is 0 Å². The molecule has 0 radical (unpaired) electrons. The number of halogens is 1. The van der Waals surface area contributed by atoms with Crippen LogP contribution in [0.4, 0.5) is 0 Å². The summed E-state index contributed by atoms with van der Waals surface area (Å²) in [5.41, 5.74) is 0. The van der Waals surface area contributed by atoms with Crippen LogP contribution in [-0.2, 0) is 4.74 Å². The van der Waals surface area contributed by atoms with E-state index in [-0.39, 0.29) is 12.4 Å². The molecule has 0 aromatic carbocycles. The van der Waals surface area contributed by atoms with Gasteiger partial charge in [-0.15, -0.1) is 12.4 Å². The quantitative estimate of drug-likeness (QED) is 0.839. The number of ether oxygens (including phenoxy) is 1. The minimum Gasteiger partial charge on any atom is -0.375 e. The van der Waals surface area contributed by atoms with E-state index in [2.05, 4.69) is 24.1 Å². The Hall–Kier alpha value is 0.170. The smallest absolute Gasteiger partial charge is 0.0725 e. The van der Waals surface area contributed by atoms with Crippen LogP contribution < -0.4 is 5.32 Å². The van der Waals surface area contributed by atoms with Crippen molar-refractivity contribution in [3.8, 4) is 0 Å². The van der Waals surface area contributed by atoms with Crippen molar-refractivity contribution in [2.45, 2.75) is 32.8 Å². The van der Waals surface area contributed by atoms with Crippen molar-refractivity contribution in [3.05, 3.63) is 0 Å². The van der Waals surface area contributed by atoms with E-state index in [0.717, 1.165) is 25.6 Å². The highest BCUT2D eigenvalue weighted by atomic mass is 35.5. The Labute approximate surface area is 112 Å². The van der Waals surface area contributed by atoms with Gasteiger partial charge < -0.3 is 10.1 Å². The molecule has 102 valence electrons. The lowest BCUT2D eigenvalue weighted by Crippen LogP contribution is -2.48. The maximum atomic E-state index is 5.80. The van der Waals surface area contributed by atoms with Crippen molar-refractivity contribution in [2.75, 3.05) is 39.3 Å². The molecule has 0 aromatic rings. The summed E-state index contributed by atoms with van der Waals surface area (Å²) >= 11 is 0. The van der Waals surface area contributed by atoms with Gasteiger partial charge >= 0.3 is 0 Å². The molecule has 3 nitrogen and oxygen atoms in total. The second-order valence-electron chi connectivity index (χ2n) is 5.63. The monoisotopic (exact) mass is 262 g/mol. The molecule has 2 aliphatic rings. The number of nitrogens with one attached hydrogen (secondary N) is 1. The Kier molecular flexibility index (Phi) is 6.78. The summed E-state index contributed by atoms with van der Waals surface area (Å²) in [7, 11) is 0. The average Bonchev–Trinajstić information content (AvgIpc) is 2.30. The third-order valence-electron chi connectivity index (χ3n) is 3.84. The van der Waals surface area contributed by atoms with Crippen LogP contribution in [0.3, 0.4) is 0 Å². The summed E-state index contributed by atoms with van der Waals surface area (Å²) in [6.07, 6.45) is 3.20. The van der Waals surface area contributed by atoms with Gasteiger partial charge in [0.25, 0.3) is 0 Å². The first-order valence-corrected chi connectivity index (χ1v) is 6.80. The minimum absolute atomic E-state index is 0. The number of rotatable bonds is 3. The third-order valence-corrected chi connectivity index (χ3v) is 3.84. The van der Waals surface area contributed by atoms with Crippen molar-refractivity contribution in [3.63, 3.8) is 0 Å². The number of morpholine rings is 1. The highest BCUT2D eigenvalue weighted by Crippen LogP contribution is 2.17. The van der Waals surface area contributed by atoms with Gasteiger partial charge in [0.05, 0.1) is 12.7 Å². The van der Waals surface area contributed by atoms with Gasteiger partial charge in [-0.25, -0.2) is 0 Å². The van der Waals surface area contributed by atoms with Gasteiger partial charge in [0, 0.05) is 19.6 Å². The Morgan fingerprint density at radius 2 is 2.24 bits per heavy atom. The summed E-state index contributed by atoms with van der Waals surface area (Å²) in [5, 5.41) is 3.50. The molecule has 0 amide bonds. The number of hydrogen-bond donors (Lipinski definition) is 1. The predicted octanol–water partition coefficient (Wildman–Crippen LogP) is 1.76. The zero-order chi connectivity index (χ0) is 11.4. The third kappa shape index (κ3) is 4.74. The molecule has 2 fully saturated rings. The number of hydrogen-bond acceptors (Lipinski definition) is 3. The fourth-order valence-corrected chi connectivity index (χ4v) is 2.75. The zero-order valence-corrected chi connectivity index (χ0v) is 12.0. The van der Waals surface area contributed by atoms with Crippen LogP contribution in [0.2, 0.25) is 0 Å². The van der Waals surface area contributed by atoms with E-state index >= 15 is 0 Å². The fourth-order valence-electron chi connectivity index (χ4n) is 2.75. The van der Waals surface area contributed by atoms with Crippen LogP contribution in [0.15, 0.2) is 0 Å². The highest BCUT2D eigenvalue weighted by molar-refractivity contribution is 5.85. The molecule has 0 aromatic heterocycles. The van der Waals surface area contributed by atoms with Crippen molar-refractivity contribution in [1.29, 1.82) is 0 Å². The largest absolute Gasteiger partial charge is 0.375 e. The molecule has 2 heterocycles. The van der Waals surface area contributed by atoms with Crippen molar-refractivity contribution in [1.82, 2.24) is 10.2 Å². The average molecular weight is 263 g/mol. The molecule has 0 saturated carbocycles. The van der Waals surface area contributed by atoms with E-state index in [1.165, 1.54) is 32.5 Å². The van der Waals surface area contributed by atoms with Crippen LogP contribution >= 0.6 is 12.4 Å². The number of piperidine rings is 1. The summed E-state index contributed by atoms with van der Waals surface area (Å²) in [6.45, 7) is 11.4. The molecular weight excluding hydrogens is 236 g/mol. The van der Waals surface area contributed by atoms with Crippen LogP contribution in [0.5, 0.6) is 0 Å². The van der Waals surface area contributed by atoms with E-state index in [9.17, 15) is 0 Å². The van der Waals surface area contributed by atoms with Crippen molar-refractivity contribution < 1.29 is 4.74 Å². The minimum atomic E-state index is 0. The lowest BCUT2D eigenvalue weighted by molar-refractivity contribution is -0.0547. The molecule has 2 unspecified atom stereocenters. The molecule has 4 heteroatoms. The molecule has 0 spiro atoms. The zero-order valence-electron chi connectivity index (χ0n) is 11.2. The first-order valence-electron chi connectivity index (χ1n) is 6.80. The topological polar surface area (TPSA) is 24.5 Å². The molecule has 2 rings (SSSR count). The maximum Gasteiger partial charge on any atom is 0.0725 e. The molecule has 2 atom stereocenters. The van der Waals surface area contributed by atoms with Crippen LogP contribution in [-0.4, -0.2) is 50.3 Å². The van der Waals surface area contributed by atoms with E-state index in [4.69, 9.17) is 4.74 Å². The molecule has 2 aliphatic heterocycles. The predicted molar refractivity (Wildman–Crippen MR) is 73.9 cm³/mol. The van der Waals surface area contributed by atoms with E-state index in [1.807, 2.05) is 0 Å². The van der Waals surface area contributed by atoms with Crippen LogP contribution in [0, 0.1) is 11.8 Å². The van der Waals surface area contributed by atoms with Gasteiger partial charge in [-0.3, -0.25) is 4.90 Å². The molecular formula is C13H27ClN2O. The fraction of sp³-hybridized carbons (Fsp3) is 1.00. The Bertz CT molecular complexity index is 208. The lowest BCUT2D eigenvalue weighted by Gasteiger charge is -2.37. The lowest BCUT2D eigenvalue weighted by atomic mass is 9.98. The van der Waals surface area contributed by atoms with Gasteiger partial charge in [-0.05, 0) is 37.8 Å². The Balaban J connectivity index is 0.00000144. The summed E-state index contributed by atoms with van der Waals surface area (Å²) in [4.78, 5) is 2.60. The molecule has 0 aliphatic carbocycles. The van der Waals surface area contributed by atoms with Crippen LogP contribution in [0.25, 0.3) is 0 Å². The van der Waals surface area contributed by atoms with E-state index in [0.29, 0.717) is 12.0 Å².